The van der Waals surface area contributed by atoms with Crippen molar-refractivity contribution in [2.75, 3.05) is 13.1 Å². The summed E-state index contributed by atoms with van der Waals surface area (Å²) in [7, 11) is 0. The Bertz CT molecular complexity index is 327. The second kappa shape index (κ2) is 3.80. The smallest absolute Gasteiger partial charge is 0.317 e. The predicted molar refractivity (Wildman–Crippen MR) is 46.2 cm³/mol. The fourth-order valence-electron chi connectivity index (χ4n) is 1.66. The highest BCUT2D eigenvalue weighted by Gasteiger charge is 2.35. The van der Waals surface area contributed by atoms with Crippen molar-refractivity contribution in [1.82, 2.24) is 20.3 Å². The van der Waals surface area contributed by atoms with Crippen molar-refractivity contribution in [3.8, 4) is 0 Å². The van der Waals surface area contributed by atoms with E-state index >= 15 is 0 Å². The van der Waals surface area contributed by atoms with Crippen molar-refractivity contribution >= 4 is 0 Å². The number of nitrogens with one attached hydrogen (secondary N) is 1. The SMILES string of the molecule is FC(F)(F)c1cn(C2CCNCC2)nn1. The summed E-state index contributed by atoms with van der Waals surface area (Å²) in [5.74, 6) is 0. The molecule has 2 rings (SSSR count). The minimum absolute atomic E-state index is 0.0369. The molecule has 1 aliphatic rings. The van der Waals surface area contributed by atoms with Gasteiger partial charge >= 0.3 is 6.18 Å². The number of hydrogen-bond acceptors (Lipinski definition) is 3. The molecule has 0 bridgehead atoms. The molecule has 2 heterocycles. The summed E-state index contributed by atoms with van der Waals surface area (Å²) < 4.78 is 38.0. The zero-order valence-electron chi connectivity index (χ0n) is 7.96. The third kappa shape index (κ3) is 2.28. The summed E-state index contributed by atoms with van der Waals surface area (Å²) in [6.45, 7) is 1.62. The van der Waals surface area contributed by atoms with Gasteiger partial charge in [-0.3, -0.25) is 0 Å². The topological polar surface area (TPSA) is 42.7 Å². The van der Waals surface area contributed by atoms with E-state index < -0.39 is 11.9 Å². The molecule has 0 radical (unpaired) electrons. The number of aromatic nitrogens is 3. The molecule has 1 aromatic rings. The molecule has 7 heteroatoms. The Labute approximate surface area is 84.5 Å². The lowest BCUT2D eigenvalue weighted by atomic mass is 10.1. The summed E-state index contributed by atoms with van der Waals surface area (Å²) in [6.07, 6.45) is -1.83. The Hall–Kier alpha value is -1.11. The number of piperidine rings is 1. The maximum atomic E-state index is 12.2. The normalized spacial score (nSPS) is 19.4. The zero-order chi connectivity index (χ0) is 10.9. The largest absolute Gasteiger partial charge is 0.436 e. The lowest BCUT2D eigenvalue weighted by Gasteiger charge is -2.22. The Morgan fingerprint density at radius 3 is 2.53 bits per heavy atom. The van der Waals surface area contributed by atoms with E-state index in [2.05, 4.69) is 15.6 Å². The molecule has 1 N–H and O–H groups in total. The van der Waals surface area contributed by atoms with Crippen LogP contribution in [0.3, 0.4) is 0 Å². The number of rotatable bonds is 1. The van der Waals surface area contributed by atoms with Crippen LogP contribution in [0.25, 0.3) is 0 Å². The van der Waals surface area contributed by atoms with Gasteiger partial charge in [-0.05, 0) is 25.9 Å². The van der Waals surface area contributed by atoms with Gasteiger partial charge in [0.1, 0.15) is 0 Å². The van der Waals surface area contributed by atoms with E-state index in [0.717, 1.165) is 32.1 Å². The van der Waals surface area contributed by atoms with Crippen LogP contribution in [0.1, 0.15) is 24.6 Å². The van der Waals surface area contributed by atoms with Crippen LogP contribution in [-0.2, 0) is 6.18 Å². The molecule has 15 heavy (non-hydrogen) atoms. The first-order valence-corrected chi connectivity index (χ1v) is 4.77. The highest BCUT2D eigenvalue weighted by molar-refractivity contribution is 4.98. The maximum Gasteiger partial charge on any atom is 0.436 e. The van der Waals surface area contributed by atoms with E-state index in [1.807, 2.05) is 0 Å². The van der Waals surface area contributed by atoms with E-state index in [-0.39, 0.29) is 6.04 Å². The lowest BCUT2D eigenvalue weighted by molar-refractivity contribution is -0.141. The fraction of sp³-hybridized carbons (Fsp3) is 0.750. The summed E-state index contributed by atoms with van der Waals surface area (Å²) in [5, 5.41) is 9.79. The van der Waals surface area contributed by atoms with Gasteiger partial charge in [-0.25, -0.2) is 4.68 Å². The fourth-order valence-corrected chi connectivity index (χ4v) is 1.66. The summed E-state index contributed by atoms with van der Waals surface area (Å²) >= 11 is 0. The Morgan fingerprint density at radius 2 is 2.00 bits per heavy atom. The molecule has 0 saturated carbocycles. The standard InChI is InChI=1S/C8H11F3N4/c9-8(10,11)7-5-15(14-13-7)6-1-3-12-4-2-6/h5-6,12H,1-4H2. The highest BCUT2D eigenvalue weighted by atomic mass is 19.4. The molecule has 1 fully saturated rings. The van der Waals surface area contributed by atoms with E-state index in [4.69, 9.17) is 0 Å². The monoisotopic (exact) mass is 220 g/mol. The van der Waals surface area contributed by atoms with Crippen LogP contribution in [0.4, 0.5) is 13.2 Å². The number of nitrogens with zero attached hydrogens (tertiary/aromatic N) is 3. The van der Waals surface area contributed by atoms with Crippen LogP contribution in [0, 0.1) is 0 Å². The van der Waals surface area contributed by atoms with E-state index in [9.17, 15) is 13.2 Å². The van der Waals surface area contributed by atoms with Crippen molar-refractivity contribution in [2.24, 2.45) is 0 Å². The molecule has 84 valence electrons. The average Bonchev–Trinajstić information content (AvgIpc) is 2.67. The minimum Gasteiger partial charge on any atom is -0.317 e. The molecule has 0 aliphatic carbocycles. The van der Waals surface area contributed by atoms with Crippen LogP contribution in [0.2, 0.25) is 0 Å². The van der Waals surface area contributed by atoms with Gasteiger partial charge in [0.15, 0.2) is 5.69 Å². The lowest BCUT2D eigenvalue weighted by Crippen LogP contribution is -2.29. The van der Waals surface area contributed by atoms with Gasteiger partial charge in [0, 0.05) is 0 Å². The quantitative estimate of drug-likeness (QED) is 0.773. The minimum atomic E-state index is -4.40. The molecule has 4 nitrogen and oxygen atoms in total. The molecule has 0 atom stereocenters. The van der Waals surface area contributed by atoms with Gasteiger partial charge in [0.25, 0.3) is 0 Å². The van der Waals surface area contributed by atoms with Crippen LogP contribution in [0.15, 0.2) is 6.20 Å². The first-order valence-electron chi connectivity index (χ1n) is 4.77. The summed E-state index contributed by atoms with van der Waals surface area (Å²) in [4.78, 5) is 0. The molecule has 1 aliphatic heterocycles. The Balaban J connectivity index is 2.12. The van der Waals surface area contributed by atoms with Crippen molar-refractivity contribution in [3.63, 3.8) is 0 Å². The van der Waals surface area contributed by atoms with Crippen molar-refractivity contribution in [2.45, 2.75) is 25.1 Å². The number of hydrogen-bond donors (Lipinski definition) is 1. The summed E-state index contributed by atoms with van der Waals surface area (Å²) in [6, 6.07) is 0.0369. The number of halogens is 3. The maximum absolute atomic E-state index is 12.2. The molecule has 0 aromatic carbocycles. The molecule has 0 amide bonds. The van der Waals surface area contributed by atoms with Crippen LogP contribution in [-0.4, -0.2) is 28.1 Å². The second-order valence-electron chi connectivity index (χ2n) is 3.56. The first-order chi connectivity index (χ1) is 7.07. The van der Waals surface area contributed by atoms with Crippen LogP contribution in [0.5, 0.6) is 0 Å². The van der Waals surface area contributed by atoms with Crippen molar-refractivity contribution in [3.05, 3.63) is 11.9 Å². The molecule has 1 aromatic heterocycles. The number of alkyl halides is 3. The third-order valence-corrected chi connectivity index (χ3v) is 2.48. The van der Waals surface area contributed by atoms with Gasteiger partial charge in [-0.1, -0.05) is 5.21 Å². The molecular formula is C8H11F3N4. The zero-order valence-corrected chi connectivity index (χ0v) is 7.96. The predicted octanol–water partition coefficient (Wildman–Crippen LogP) is 1.22. The Kier molecular flexibility index (Phi) is 2.64. The van der Waals surface area contributed by atoms with E-state index in [1.165, 1.54) is 4.68 Å². The summed E-state index contributed by atoms with van der Waals surface area (Å²) in [5.41, 5.74) is -0.916. The van der Waals surface area contributed by atoms with Crippen LogP contribution < -0.4 is 5.32 Å². The first kappa shape index (κ1) is 10.4. The Morgan fingerprint density at radius 1 is 1.33 bits per heavy atom. The third-order valence-electron chi connectivity index (χ3n) is 2.48. The molecule has 0 unspecified atom stereocenters. The molecule has 1 saturated heterocycles. The van der Waals surface area contributed by atoms with E-state index in [1.54, 1.807) is 0 Å². The van der Waals surface area contributed by atoms with Gasteiger partial charge < -0.3 is 5.32 Å². The van der Waals surface area contributed by atoms with Crippen LogP contribution >= 0.6 is 0 Å². The second-order valence-corrected chi connectivity index (χ2v) is 3.56. The van der Waals surface area contributed by atoms with Crippen molar-refractivity contribution < 1.29 is 13.2 Å². The highest BCUT2D eigenvalue weighted by Crippen LogP contribution is 2.28. The van der Waals surface area contributed by atoms with Gasteiger partial charge in [0.05, 0.1) is 12.2 Å². The average molecular weight is 220 g/mol. The molecule has 0 spiro atoms. The molecular weight excluding hydrogens is 209 g/mol. The van der Waals surface area contributed by atoms with Gasteiger partial charge in [-0.15, -0.1) is 5.10 Å². The van der Waals surface area contributed by atoms with Gasteiger partial charge in [0.2, 0.25) is 0 Å². The van der Waals surface area contributed by atoms with E-state index in [0.29, 0.717) is 0 Å². The van der Waals surface area contributed by atoms with Gasteiger partial charge in [-0.2, -0.15) is 13.2 Å². The van der Waals surface area contributed by atoms with Crippen molar-refractivity contribution in [1.29, 1.82) is 0 Å².